The van der Waals surface area contributed by atoms with E-state index in [1.165, 1.54) is 0 Å². The summed E-state index contributed by atoms with van der Waals surface area (Å²) in [6, 6.07) is 1.55. The topological polar surface area (TPSA) is 72.2 Å². The zero-order valence-corrected chi connectivity index (χ0v) is 11.2. The van der Waals surface area contributed by atoms with Crippen LogP contribution in [0, 0.1) is 17.0 Å². The molecular formula is C11H16F2N2O2S. The molecule has 0 fully saturated rings. The van der Waals surface area contributed by atoms with E-state index in [1.807, 2.05) is 0 Å². The summed E-state index contributed by atoms with van der Waals surface area (Å²) >= 11 is 0. The average molecular weight is 278 g/mol. The quantitative estimate of drug-likeness (QED) is 0.829. The Morgan fingerprint density at radius 1 is 1.22 bits per heavy atom. The lowest BCUT2D eigenvalue weighted by molar-refractivity contribution is 0.406. The molecule has 0 atom stereocenters. The number of rotatable bonds is 3. The molecule has 0 aliphatic rings. The number of nitrogens with two attached hydrogens (primary N) is 1. The van der Waals surface area contributed by atoms with Gasteiger partial charge in [0.05, 0.1) is 0 Å². The lowest BCUT2D eigenvalue weighted by Crippen LogP contribution is -2.33. The molecule has 3 N–H and O–H groups in total. The van der Waals surface area contributed by atoms with Crippen LogP contribution in [0.25, 0.3) is 0 Å². The van der Waals surface area contributed by atoms with Crippen LogP contribution in [0.3, 0.4) is 0 Å². The van der Waals surface area contributed by atoms with Gasteiger partial charge in [0, 0.05) is 12.2 Å². The van der Waals surface area contributed by atoms with Crippen molar-refractivity contribution in [2.24, 2.45) is 5.41 Å². The molecule has 0 unspecified atom stereocenters. The average Bonchev–Trinajstić information content (AvgIpc) is 2.11. The van der Waals surface area contributed by atoms with E-state index in [2.05, 4.69) is 4.72 Å². The molecule has 0 aromatic heterocycles. The van der Waals surface area contributed by atoms with Gasteiger partial charge in [-0.3, -0.25) is 0 Å². The minimum Gasteiger partial charge on any atom is -0.399 e. The highest BCUT2D eigenvalue weighted by Gasteiger charge is 2.26. The Hall–Kier alpha value is -1.21. The molecule has 0 aliphatic heterocycles. The van der Waals surface area contributed by atoms with Crippen molar-refractivity contribution < 1.29 is 17.2 Å². The second-order valence-corrected chi connectivity index (χ2v) is 6.90. The highest BCUT2D eigenvalue weighted by atomic mass is 32.2. The first kappa shape index (κ1) is 14.8. The third-order valence-corrected chi connectivity index (χ3v) is 3.53. The van der Waals surface area contributed by atoms with Gasteiger partial charge in [-0.1, -0.05) is 20.8 Å². The van der Waals surface area contributed by atoms with E-state index in [-0.39, 0.29) is 17.6 Å². The second kappa shape index (κ2) is 4.81. The van der Waals surface area contributed by atoms with Crippen molar-refractivity contribution in [2.45, 2.75) is 25.7 Å². The van der Waals surface area contributed by atoms with Gasteiger partial charge in [0.1, 0.15) is 11.6 Å². The van der Waals surface area contributed by atoms with Crippen molar-refractivity contribution in [1.29, 1.82) is 0 Å². The van der Waals surface area contributed by atoms with Crippen molar-refractivity contribution >= 4 is 15.7 Å². The molecule has 1 rings (SSSR count). The molecular weight excluding hydrogens is 262 g/mol. The van der Waals surface area contributed by atoms with E-state index in [0.29, 0.717) is 0 Å². The summed E-state index contributed by atoms with van der Waals surface area (Å²) in [5.74, 6) is -2.40. The van der Waals surface area contributed by atoms with Gasteiger partial charge in [-0.05, 0) is 17.5 Å². The lowest BCUT2D eigenvalue weighted by Gasteiger charge is -2.19. The molecule has 7 heteroatoms. The van der Waals surface area contributed by atoms with Gasteiger partial charge in [0.15, 0.2) is 4.90 Å². The van der Waals surface area contributed by atoms with E-state index < -0.39 is 26.6 Å². The molecule has 1 aromatic rings. The molecule has 0 saturated carbocycles. The maximum absolute atomic E-state index is 13.5. The molecule has 102 valence electrons. The van der Waals surface area contributed by atoms with Crippen molar-refractivity contribution in [2.75, 3.05) is 12.3 Å². The number of anilines is 1. The first-order chi connectivity index (χ1) is 8.03. The molecule has 0 bridgehead atoms. The van der Waals surface area contributed by atoms with Gasteiger partial charge in [-0.2, -0.15) is 0 Å². The van der Waals surface area contributed by atoms with Crippen molar-refractivity contribution in [3.63, 3.8) is 0 Å². The van der Waals surface area contributed by atoms with E-state index in [0.717, 1.165) is 12.1 Å². The Balaban J connectivity index is 3.14. The maximum Gasteiger partial charge on any atom is 0.246 e. The summed E-state index contributed by atoms with van der Waals surface area (Å²) in [7, 11) is -4.23. The number of benzene rings is 1. The first-order valence-electron chi connectivity index (χ1n) is 5.27. The molecule has 4 nitrogen and oxygen atoms in total. The summed E-state index contributed by atoms with van der Waals surface area (Å²) in [5.41, 5.74) is 4.71. The summed E-state index contributed by atoms with van der Waals surface area (Å²) in [4.78, 5) is -0.999. The number of hydrogen-bond acceptors (Lipinski definition) is 3. The highest BCUT2D eigenvalue weighted by Crippen LogP contribution is 2.22. The summed E-state index contributed by atoms with van der Waals surface area (Å²) in [6.07, 6.45) is 0. The molecule has 0 amide bonds. The SMILES string of the molecule is CC(C)(C)CNS(=O)(=O)c1c(F)cc(N)cc1F. The Labute approximate surface area is 105 Å². The molecule has 18 heavy (non-hydrogen) atoms. The fourth-order valence-corrected chi connectivity index (χ4v) is 2.62. The Morgan fingerprint density at radius 3 is 2.06 bits per heavy atom. The number of hydrogen-bond donors (Lipinski definition) is 2. The van der Waals surface area contributed by atoms with E-state index in [1.54, 1.807) is 20.8 Å². The molecule has 0 saturated heterocycles. The van der Waals surface area contributed by atoms with Crippen LogP contribution in [0.2, 0.25) is 0 Å². The first-order valence-corrected chi connectivity index (χ1v) is 6.75. The number of halogens is 2. The predicted molar refractivity (Wildman–Crippen MR) is 65.4 cm³/mol. The van der Waals surface area contributed by atoms with Crippen LogP contribution in [0.1, 0.15) is 20.8 Å². The van der Waals surface area contributed by atoms with Gasteiger partial charge >= 0.3 is 0 Å². The van der Waals surface area contributed by atoms with Crippen LogP contribution >= 0.6 is 0 Å². The van der Waals surface area contributed by atoms with E-state index >= 15 is 0 Å². The van der Waals surface area contributed by atoms with Crippen LogP contribution < -0.4 is 10.5 Å². The van der Waals surface area contributed by atoms with E-state index in [4.69, 9.17) is 5.73 Å². The van der Waals surface area contributed by atoms with Crippen molar-refractivity contribution in [3.05, 3.63) is 23.8 Å². The van der Waals surface area contributed by atoms with Crippen molar-refractivity contribution in [3.8, 4) is 0 Å². The lowest BCUT2D eigenvalue weighted by atomic mass is 9.98. The van der Waals surface area contributed by atoms with Crippen molar-refractivity contribution in [1.82, 2.24) is 4.72 Å². The van der Waals surface area contributed by atoms with Gasteiger partial charge in [-0.15, -0.1) is 0 Å². The number of nitrogens with one attached hydrogen (secondary N) is 1. The highest BCUT2D eigenvalue weighted by molar-refractivity contribution is 7.89. The molecule has 0 spiro atoms. The second-order valence-electron chi connectivity index (χ2n) is 5.20. The monoisotopic (exact) mass is 278 g/mol. The number of nitrogen functional groups attached to an aromatic ring is 1. The van der Waals surface area contributed by atoms with E-state index in [9.17, 15) is 17.2 Å². The smallest absolute Gasteiger partial charge is 0.246 e. The third-order valence-electron chi connectivity index (χ3n) is 2.08. The van der Waals surface area contributed by atoms with Gasteiger partial charge in [-0.25, -0.2) is 21.9 Å². The minimum absolute atomic E-state index is 0.0680. The fourth-order valence-electron chi connectivity index (χ4n) is 1.22. The maximum atomic E-state index is 13.5. The predicted octanol–water partition coefficient (Wildman–Crippen LogP) is 1.87. The van der Waals surface area contributed by atoms with Gasteiger partial charge in [0.25, 0.3) is 0 Å². The van der Waals surface area contributed by atoms with Crippen LogP contribution in [0.15, 0.2) is 17.0 Å². The zero-order chi connectivity index (χ0) is 14.1. The summed E-state index contributed by atoms with van der Waals surface area (Å²) in [6.45, 7) is 5.46. The largest absolute Gasteiger partial charge is 0.399 e. The summed E-state index contributed by atoms with van der Waals surface area (Å²) < 4.78 is 52.7. The zero-order valence-electron chi connectivity index (χ0n) is 10.4. The normalized spacial score (nSPS) is 12.7. The molecule has 1 aromatic carbocycles. The minimum atomic E-state index is -4.23. The van der Waals surface area contributed by atoms with Gasteiger partial charge < -0.3 is 5.73 Å². The summed E-state index contributed by atoms with van der Waals surface area (Å²) in [5, 5.41) is 0. The number of sulfonamides is 1. The van der Waals surface area contributed by atoms with Crippen LogP contribution in [0.4, 0.5) is 14.5 Å². The van der Waals surface area contributed by atoms with Crippen LogP contribution in [0.5, 0.6) is 0 Å². The molecule has 0 aliphatic carbocycles. The van der Waals surface area contributed by atoms with Gasteiger partial charge in [0.2, 0.25) is 10.0 Å². The Bertz CT molecular complexity index is 528. The Kier molecular flexibility index (Phi) is 3.97. The standard InChI is InChI=1S/C11H16F2N2O2S/c1-11(2,3)6-15-18(16,17)10-8(12)4-7(14)5-9(10)13/h4-5,15H,6,14H2,1-3H3. The van der Waals surface area contributed by atoms with Crippen LogP contribution in [-0.4, -0.2) is 15.0 Å². The Morgan fingerprint density at radius 2 is 1.67 bits per heavy atom. The molecule has 0 heterocycles. The third kappa shape index (κ3) is 3.64. The van der Waals surface area contributed by atoms with Crippen LogP contribution in [-0.2, 0) is 10.0 Å². The molecule has 0 radical (unpaired) electrons. The fraction of sp³-hybridized carbons (Fsp3) is 0.455.